The van der Waals surface area contributed by atoms with E-state index >= 15 is 0 Å². The molecule has 2 heterocycles. The summed E-state index contributed by atoms with van der Waals surface area (Å²) in [5.41, 5.74) is 6.35. The number of hydrogen-bond donors (Lipinski definition) is 1. The van der Waals surface area contributed by atoms with Crippen LogP contribution in [-0.4, -0.2) is 18.2 Å². The van der Waals surface area contributed by atoms with Crippen LogP contribution < -0.4 is 5.73 Å². The highest BCUT2D eigenvalue weighted by Crippen LogP contribution is 2.33. The molecule has 0 aromatic carbocycles. The van der Waals surface area contributed by atoms with Crippen LogP contribution in [0.4, 0.5) is 0 Å². The van der Waals surface area contributed by atoms with Crippen LogP contribution in [0.5, 0.6) is 0 Å². The normalized spacial score (nSPS) is 21.0. The lowest BCUT2D eigenvalue weighted by molar-refractivity contribution is 0.0470. The maximum atomic E-state index is 5.49. The summed E-state index contributed by atoms with van der Waals surface area (Å²) in [6.07, 6.45) is 3.59. The van der Waals surface area contributed by atoms with Gasteiger partial charge in [0.1, 0.15) is 6.26 Å². The van der Waals surface area contributed by atoms with Crippen LogP contribution in [0.15, 0.2) is 10.7 Å². The Bertz CT molecular complexity index is 303. The molecule has 0 unspecified atom stereocenters. The molecule has 1 aromatic heterocycles. The van der Waals surface area contributed by atoms with Gasteiger partial charge in [-0.05, 0) is 12.8 Å². The Hall–Kier alpha value is -0.870. The molecule has 0 atom stereocenters. The third-order valence-corrected chi connectivity index (χ3v) is 2.87. The fourth-order valence-electron chi connectivity index (χ4n) is 1.71. The third kappa shape index (κ3) is 1.67. The summed E-state index contributed by atoms with van der Waals surface area (Å²) in [6, 6.07) is 0. The van der Waals surface area contributed by atoms with E-state index < -0.39 is 0 Å². The van der Waals surface area contributed by atoms with Crippen molar-refractivity contribution in [3.8, 4) is 0 Å². The predicted molar refractivity (Wildman–Crippen MR) is 51.8 cm³/mol. The Morgan fingerprint density at radius 2 is 2.21 bits per heavy atom. The number of oxazole rings is 1. The molecule has 78 valence electrons. The Morgan fingerprint density at radius 3 is 2.79 bits per heavy atom. The van der Waals surface area contributed by atoms with Gasteiger partial charge in [-0.3, -0.25) is 0 Å². The highest BCUT2D eigenvalue weighted by Gasteiger charge is 2.33. The SMILES string of the molecule is CC1(c2nc(CN)co2)CCOCC1. The fraction of sp³-hybridized carbons (Fsp3) is 0.700. The first-order valence-electron chi connectivity index (χ1n) is 4.97. The van der Waals surface area contributed by atoms with Gasteiger partial charge in [-0.25, -0.2) is 4.98 Å². The van der Waals surface area contributed by atoms with Crippen molar-refractivity contribution in [1.29, 1.82) is 0 Å². The molecule has 1 saturated heterocycles. The second-order valence-corrected chi connectivity index (χ2v) is 4.02. The second kappa shape index (κ2) is 3.71. The summed E-state index contributed by atoms with van der Waals surface area (Å²) in [5.74, 6) is 0.807. The number of ether oxygens (including phenoxy) is 1. The maximum Gasteiger partial charge on any atom is 0.200 e. The molecule has 4 heteroatoms. The van der Waals surface area contributed by atoms with Crippen LogP contribution in [0.25, 0.3) is 0 Å². The molecule has 4 nitrogen and oxygen atoms in total. The van der Waals surface area contributed by atoms with E-state index in [1.807, 2.05) is 0 Å². The lowest BCUT2D eigenvalue weighted by atomic mass is 9.82. The molecule has 1 aliphatic heterocycles. The van der Waals surface area contributed by atoms with Crippen molar-refractivity contribution in [2.75, 3.05) is 13.2 Å². The van der Waals surface area contributed by atoms with Gasteiger partial charge >= 0.3 is 0 Å². The van der Waals surface area contributed by atoms with Crippen LogP contribution in [0, 0.1) is 0 Å². The molecule has 0 radical (unpaired) electrons. The molecule has 1 aromatic rings. The van der Waals surface area contributed by atoms with Gasteiger partial charge in [0, 0.05) is 25.2 Å². The Labute approximate surface area is 83.4 Å². The van der Waals surface area contributed by atoms with Gasteiger partial charge in [-0.2, -0.15) is 0 Å². The third-order valence-electron chi connectivity index (χ3n) is 2.87. The summed E-state index contributed by atoms with van der Waals surface area (Å²) in [4.78, 5) is 4.38. The van der Waals surface area contributed by atoms with Crippen LogP contribution in [0.3, 0.4) is 0 Å². The Morgan fingerprint density at radius 1 is 1.50 bits per heavy atom. The van der Waals surface area contributed by atoms with E-state index in [9.17, 15) is 0 Å². The summed E-state index contributed by atoms with van der Waals surface area (Å²) >= 11 is 0. The van der Waals surface area contributed by atoms with Gasteiger partial charge in [0.2, 0.25) is 0 Å². The van der Waals surface area contributed by atoms with E-state index in [1.54, 1.807) is 6.26 Å². The Kier molecular flexibility index (Phi) is 2.56. The van der Waals surface area contributed by atoms with E-state index in [0.717, 1.165) is 37.6 Å². The molecule has 14 heavy (non-hydrogen) atoms. The highest BCUT2D eigenvalue weighted by atomic mass is 16.5. The molecular formula is C10H16N2O2. The van der Waals surface area contributed by atoms with Crippen molar-refractivity contribution in [1.82, 2.24) is 4.98 Å². The molecule has 0 spiro atoms. The van der Waals surface area contributed by atoms with Crippen molar-refractivity contribution in [2.24, 2.45) is 5.73 Å². The number of rotatable bonds is 2. The van der Waals surface area contributed by atoms with Gasteiger partial charge in [-0.1, -0.05) is 6.92 Å². The van der Waals surface area contributed by atoms with Crippen LogP contribution in [0.1, 0.15) is 31.4 Å². The average molecular weight is 196 g/mol. The fourth-order valence-corrected chi connectivity index (χ4v) is 1.71. The zero-order valence-electron chi connectivity index (χ0n) is 8.45. The van der Waals surface area contributed by atoms with Gasteiger partial charge < -0.3 is 14.9 Å². The molecule has 2 rings (SSSR count). The van der Waals surface area contributed by atoms with E-state index in [2.05, 4.69) is 11.9 Å². The van der Waals surface area contributed by atoms with Crippen molar-refractivity contribution in [3.63, 3.8) is 0 Å². The van der Waals surface area contributed by atoms with Crippen LogP contribution in [-0.2, 0) is 16.7 Å². The first-order chi connectivity index (χ1) is 6.74. The molecular weight excluding hydrogens is 180 g/mol. The molecule has 2 N–H and O–H groups in total. The smallest absolute Gasteiger partial charge is 0.200 e. The molecule has 1 aliphatic rings. The zero-order chi connectivity index (χ0) is 10.0. The standard InChI is InChI=1S/C10H16N2O2/c1-10(2-4-13-5-3-10)9-12-8(6-11)7-14-9/h7H,2-6,11H2,1H3. The van der Waals surface area contributed by atoms with E-state index in [-0.39, 0.29) is 5.41 Å². The monoisotopic (exact) mass is 196 g/mol. The maximum absolute atomic E-state index is 5.49. The summed E-state index contributed by atoms with van der Waals surface area (Å²) in [6.45, 7) is 4.19. The summed E-state index contributed by atoms with van der Waals surface area (Å²) in [7, 11) is 0. The number of nitrogens with zero attached hydrogens (tertiary/aromatic N) is 1. The zero-order valence-corrected chi connectivity index (χ0v) is 8.45. The first kappa shape index (κ1) is 9.68. The Balaban J connectivity index is 2.19. The van der Waals surface area contributed by atoms with Crippen LogP contribution in [0.2, 0.25) is 0 Å². The lowest BCUT2D eigenvalue weighted by Crippen LogP contribution is -2.31. The topological polar surface area (TPSA) is 61.3 Å². The molecule has 0 amide bonds. The lowest BCUT2D eigenvalue weighted by Gasteiger charge is -2.30. The minimum atomic E-state index is 0.0334. The predicted octanol–water partition coefficient (Wildman–Crippen LogP) is 1.20. The van der Waals surface area contributed by atoms with Crippen molar-refractivity contribution < 1.29 is 9.15 Å². The van der Waals surface area contributed by atoms with E-state index in [1.165, 1.54) is 0 Å². The number of hydrogen-bond acceptors (Lipinski definition) is 4. The minimum absolute atomic E-state index is 0.0334. The van der Waals surface area contributed by atoms with Crippen molar-refractivity contribution >= 4 is 0 Å². The average Bonchev–Trinajstić information content (AvgIpc) is 2.67. The summed E-state index contributed by atoms with van der Waals surface area (Å²) < 4.78 is 10.8. The molecule has 0 aliphatic carbocycles. The van der Waals surface area contributed by atoms with E-state index in [0.29, 0.717) is 6.54 Å². The van der Waals surface area contributed by atoms with Crippen molar-refractivity contribution in [2.45, 2.75) is 31.7 Å². The van der Waals surface area contributed by atoms with Crippen molar-refractivity contribution in [3.05, 3.63) is 17.8 Å². The van der Waals surface area contributed by atoms with Gasteiger partial charge in [-0.15, -0.1) is 0 Å². The van der Waals surface area contributed by atoms with Crippen LogP contribution >= 0.6 is 0 Å². The first-order valence-corrected chi connectivity index (χ1v) is 4.97. The van der Waals surface area contributed by atoms with Gasteiger partial charge in [0.25, 0.3) is 0 Å². The second-order valence-electron chi connectivity index (χ2n) is 4.02. The number of aromatic nitrogens is 1. The quantitative estimate of drug-likeness (QED) is 0.772. The molecule has 1 fully saturated rings. The van der Waals surface area contributed by atoms with E-state index in [4.69, 9.17) is 14.9 Å². The highest BCUT2D eigenvalue weighted by molar-refractivity contribution is 5.07. The van der Waals surface area contributed by atoms with Gasteiger partial charge in [0.15, 0.2) is 5.89 Å². The summed E-state index contributed by atoms with van der Waals surface area (Å²) in [5, 5.41) is 0. The molecule has 0 saturated carbocycles. The minimum Gasteiger partial charge on any atom is -0.448 e. The molecule has 0 bridgehead atoms. The van der Waals surface area contributed by atoms with Gasteiger partial charge in [0.05, 0.1) is 5.69 Å². The largest absolute Gasteiger partial charge is 0.448 e. The number of nitrogens with two attached hydrogens (primary N) is 1.